The molecular formula is C50H38F6N2O10. The zero-order valence-electron chi connectivity index (χ0n) is 35.8. The molecule has 6 aromatic rings. The van der Waals surface area contributed by atoms with Gasteiger partial charge in [-0.1, -0.05) is 36.4 Å². The van der Waals surface area contributed by atoms with Crippen LogP contribution in [0.1, 0.15) is 43.0 Å². The number of methoxy groups -OCH3 is 2. The van der Waals surface area contributed by atoms with Gasteiger partial charge in [-0.2, -0.15) is 0 Å². The van der Waals surface area contributed by atoms with Gasteiger partial charge in [-0.15, -0.1) is 26.3 Å². The molecule has 6 aromatic carbocycles. The van der Waals surface area contributed by atoms with E-state index in [0.717, 1.165) is 48.5 Å². The van der Waals surface area contributed by atoms with Crippen LogP contribution >= 0.6 is 0 Å². The Morgan fingerprint density at radius 1 is 0.485 bits per heavy atom. The standard InChI is InChI=1S/C50H38F6N2O10/c1-63-45-23-29(5-21-43(45)65-47(61)31-7-15-39(16-8-31)67-49(51,52)53)3-13-37(59)27-33-25-35(57)11-19-41(33)42-20-12-36(58)26-34(42)28-38(60)14-4-30-6-22-44(46(24-30)64-2)66-48(62)32-9-17-40(18-10-32)68-50(54,55)56/h3-26H,27-28,57-58H2,1-2H3/b13-3+,14-4+. The van der Waals surface area contributed by atoms with E-state index in [1.165, 1.54) is 62.8 Å². The number of anilines is 2. The molecule has 0 amide bonds. The Kier molecular flexibility index (Phi) is 15.2. The normalized spacial score (nSPS) is 11.6. The van der Waals surface area contributed by atoms with Gasteiger partial charge in [0.2, 0.25) is 0 Å². The Morgan fingerprint density at radius 3 is 1.19 bits per heavy atom. The lowest BCUT2D eigenvalue weighted by Gasteiger charge is -2.15. The number of ether oxygens (including phenoxy) is 6. The van der Waals surface area contributed by atoms with Crippen LogP contribution in [0, 0.1) is 0 Å². The minimum atomic E-state index is -4.89. The van der Waals surface area contributed by atoms with Crippen molar-refractivity contribution in [3.63, 3.8) is 0 Å². The minimum Gasteiger partial charge on any atom is -0.493 e. The van der Waals surface area contributed by atoms with Crippen LogP contribution in [0.25, 0.3) is 23.3 Å². The van der Waals surface area contributed by atoms with E-state index in [2.05, 4.69) is 9.47 Å². The van der Waals surface area contributed by atoms with Crippen molar-refractivity contribution in [2.24, 2.45) is 0 Å². The highest BCUT2D eigenvalue weighted by molar-refractivity contribution is 5.98. The van der Waals surface area contributed by atoms with E-state index >= 15 is 0 Å². The molecular weight excluding hydrogens is 903 g/mol. The summed E-state index contributed by atoms with van der Waals surface area (Å²) in [5.41, 5.74) is 16.4. The van der Waals surface area contributed by atoms with E-state index in [1.807, 2.05) is 0 Å². The molecule has 0 fully saturated rings. The lowest BCUT2D eigenvalue weighted by molar-refractivity contribution is -0.275. The molecule has 0 radical (unpaired) electrons. The molecule has 0 unspecified atom stereocenters. The summed E-state index contributed by atoms with van der Waals surface area (Å²) in [6, 6.07) is 27.5. The van der Waals surface area contributed by atoms with E-state index in [-0.39, 0.29) is 58.5 Å². The molecule has 0 aliphatic heterocycles. The van der Waals surface area contributed by atoms with Crippen LogP contribution in [0.4, 0.5) is 37.7 Å². The van der Waals surface area contributed by atoms with E-state index < -0.39 is 36.2 Å². The molecule has 350 valence electrons. The highest BCUT2D eigenvalue weighted by Gasteiger charge is 2.32. The molecule has 0 saturated carbocycles. The molecule has 6 rings (SSSR count). The van der Waals surface area contributed by atoms with Gasteiger partial charge in [-0.3, -0.25) is 9.59 Å². The minimum absolute atomic E-state index is 0.0150. The second-order valence-electron chi connectivity index (χ2n) is 14.5. The molecule has 0 aliphatic rings. The van der Waals surface area contributed by atoms with E-state index in [9.17, 15) is 45.5 Å². The number of hydrogen-bond donors (Lipinski definition) is 2. The molecule has 0 atom stereocenters. The van der Waals surface area contributed by atoms with Gasteiger partial charge in [-0.25, -0.2) is 9.59 Å². The van der Waals surface area contributed by atoms with Crippen molar-refractivity contribution in [1.29, 1.82) is 0 Å². The van der Waals surface area contributed by atoms with E-state index in [4.69, 9.17) is 30.4 Å². The highest BCUT2D eigenvalue weighted by atomic mass is 19.4. The summed E-state index contributed by atoms with van der Waals surface area (Å²) in [6.45, 7) is 0. The number of hydrogen-bond acceptors (Lipinski definition) is 12. The van der Waals surface area contributed by atoms with Gasteiger partial charge in [0.1, 0.15) is 11.5 Å². The van der Waals surface area contributed by atoms with Gasteiger partial charge in [0.15, 0.2) is 34.6 Å². The lowest BCUT2D eigenvalue weighted by Crippen LogP contribution is -2.17. The lowest BCUT2D eigenvalue weighted by atomic mass is 9.90. The second-order valence-corrected chi connectivity index (χ2v) is 14.5. The molecule has 4 N–H and O–H groups in total. The quantitative estimate of drug-likeness (QED) is 0.0291. The van der Waals surface area contributed by atoms with Crippen LogP contribution < -0.4 is 39.9 Å². The third kappa shape index (κ3) is 13.7. The van der Waals surface area contributed by atoms with Crippen molar-refractivity contribution >= 4 is 47.0 Å². The number of esters is 2. The molecule has 0 aliphatic carbocycles. The molecule has 0 bridgehead atoms. The SMILES string of the molecule is COc1cc(/C=C/C(=O)Cc2cc(N)ccc2-c2ccc(N)cc2CC(=O)/C=C/c2ccc(OC(=O)c3ccc(OC(F)(F)F)cc3)c(OC)c2)ccc1OC(=O)c1ccc(OC(F)(F)F)cc1. The number of carbonyl (C=O) groups excluding carboxylic acids is 4. The van der Waals surface area contributed by atoms with Crippen molar-refractivity contribution in [2.75, 3.05) is 25.7 Å². The summed E-state index contributed by atoms with van der Waals surface area (Å²) in [4.78, 5) is 52.3. The average molecular weight is 941 g/mol. The smallest absolute Gasteiger partial charge is 0.493 e. The largest absolute Gasteiger partial charge is 0.573 e. The van der Waals surface area contributed by atoms with Crippen LogP contribution in [0.3, 0.4) is 0 Å². The first-order chi connectivity index (χ1) is 32.2. The van der Waals surface area contributed by atoms with Crippen LogP contribution in [0.5, 0.6) is 34.5 Å². The maximum atomic E-state index is 13.4. The topological polar surface area (TPSA) is 176 Å². The molecule has 0 spiro atoms. The van der Waals surface area contributed by atoms with Crippen molar-refractivity contribution in [2.45, 2.75) is 25.6 Å². The Labute approximate surface area is 383 Å². The van der Waals surface area contributed by atoms with Gasteiger partial charge < -0.3 is 39.9 Å². The summed E-state index contributed by atoms with van der Waals surface area (Å²) in [6.07, 6.45) is -4.22. The van der Waals surface area contributed by atoms with Gasteiger partial charge in [0, 0.05) is 24.2 Å². The van der Waals surface area contributed by atoms with Gasteiger partial charge in [-0.05, 0) is 143 Å². The van der Waals surface area contributed by atoms with Crippen molar-refractivity contribution < 1.29 is 73.9 Å². The molecule has 18 heteroatoms. The zero-order valence-corrected chi connectivity index (χ0v) is 35.8. The van der Waals surface area contributed by atoms with Gasteiger partial charge in [0.05, 0.1) is 25.3 Å². The zero-order chi connectivity index (χ0) is 49.2. The second kappa shape index (κ2) is 21.2. The molecule has 0 heterocycles. The monoisotopic (exact) mass is 940 g/mol. The van der Waals surface area contributed by atoms with Crippen molar-refractivity contribution in [3.05, 3.63) is 167 Å². The maximum absolute atomic E-state index is 13.4. The first-order valence-corrected chi connectivity index (χ1v) is 20.0. The summed E-state index contributed by atoms with van der Waals surface area (Å²) >= 11 is 0. The average Bonchev–Trinajstić information content (AvgIpc) is 3.28. The van der Waals surface area contributed by atoms with Crippen LogP contribution in [0.15, 0.2) is 133 Å². The Hall–Kier alpha value is -8.54. The first-order valence-electron chi connectivity index (χ1n) is 20.0. The molecule has 12 nitrogen and oxygen atoms in total. The number of carbonyl (C=O) groups is 4. The number of rotatable bonds is 17. The molecule has 0 saturated heterocycles. The Morgan fingerprint density at radius 2 is 0.853 bits per heavy atom. The fourth-order valence-electron chi connectivity index (χ4n) is 6.56. The third-order valence-electron chi connectivity index (χ3n) is 9.63. The summed E-state index contributed by atoms with van der Waals surface area (Å²) < 4.78 is 104. The number of nitrogen functional groups attached to an aromatic ring is 2. The van der Waals surface area contributed by atoms with E-state index in [0.29, 0.717) is 44.8 Å². The number of benzene rings is 6. The Balaban J connectivity index is 1.11. The predicted molar refractivity (Wildman–Crippen MR) is 238 cm³/mol. The van der Waals surface area contributed by atoms with Crippen LogP contribution in [-0.4, -0.2) is 50.4 Å². The number of alkyl halides is 6. The predicted octanol–water partition coefficient (Wildman–Crippen LogP) is 10.4. The van der Waals surface area contributed by atoms with E-state index in [1.54, 1.807) is 48.5 Å². The third-order valence-corrected chi connectivity index (χ3v) is 9.63. The number of allylic oxidation sites excluding steroid dienone is 2. The van der Waals surface area contributed by atoms with Crippen molar-refractivity contribution in [3.8, 4) is 45.6 Å². The molecule has 68 heavy (non-hydrogen) atoms. The molecule has 0 aromatic heterocycles. The fraction of sp³-hybridized carbons (Fsp3) is 0.120. The summed E-state index contributed by atoms with van der Waals surface area (Å²) in [5, 5.41) is 0. The van der Waals surface area contributed by atoms with Crippen molar-refractivity contribution in [1.82, 2.24) is 0 Å². The first kappa shape index (κ1) is 48.9. The van der Waals surface area contributed by atoms with Gasteiger partial charge in [0.25, 0.3) is 0 Å². The fourth-order valence-corrected chi connectivity index (χ4v) is 6.56. The summed E-state index contributed by atoms with van der Waals surface area (Å²) in [7, 11) is 2.67. The number of ketones is 2. The summed E-state index contributed by atoms with van der Waals surface area (Å²) in [5.74, 6) is -3.08. The van der Waals surface area contributed by atoms with Gasteiger partial charge >= 0.3 is 24.7 Å². The Bertz CT molecular complexity index is 2700. The van der Waals surface area contributed by atoms with Crippen LogP contribution in [-0.2, 0) is 22.4 Å². The highest BCUT2D eigenvalue weighted by Crippen LogP contribution is 2.34. The number of nitrogens with two attached hydrogens (primary N) is 2. The number of halogens is 6. The maximum Gasteiger partial charge on any atom is 0.573 e. The van der Waals surface area contributed by atoms with Crippen LogP contribution in [0.2, 0.25) is 0 Å².